The Morgan fingerprint density at radius 2 is 2.41 bits per heavy atom. The van der Waals surface area contributed by atoms with Crippen LogP contribution in [0, 0.1) is 12.3 Å². The van der Waals surface area contributed by atoms with Gasteiger partial charge in [0.15, 0.2) is 6.61 Å². The number of hydrogen-bond acceptors (Lipinski definition) is 5. The third-order valence-electron chi connectivity index (χ3n) is 2.49. The van der Waals surface area contributed by atoms with Crippen molar-refractivity contribution in [1.82, 2.24) is 5.32 Å². The number of carbonyl (C=O) groups is 1. The Kier molecular flexibility index (Phi) is 5.98. The molecule has 1 aliphatic rings. The summed E-state index contributed by atoms with van der Waals surface area (Å²) in [6.07, 6.45) is 7.46. The third-order valence-corrected chi connectivity index (χ3v) is 2.49. The maximum Gasteiger partial charge on any atom is 0.324 e. The van der Waals surface area contributed by atoms with Crippen molar-refractivity contribution < 1.29 is 14.3 Å². The number of rotatable bonds is 5. The van der Waals surface area contributed by atoms with Crippen molar-refractivity contribution in [1.29, 1.82) is 0 Å². The van der Waals surface area contributed by atoms with E-state index < -0.39 is 0 Å². The highest BCUT2D eigenvalue weighted by Crippen LogP contribution is 2.14. The molecule has 1 rings (SSSR count). The highest BCUT2D eigenvalue weighted by atomic mass is 16.5. The van der Waals surface area contributed by atoms with Crippen molar-refractivity contribution in [2.24, 2.45) is 5.73 Å². The fourth-order valence-electron chi connectivity index (χ4n) is 1.70. The molecule has 5 nitrogen and oxygen atoms in total. The summed E-state index contributed by atoms with van der Waals surface area (Å²) in [5.74, 6) is 1.96. The molecule has 1 fully saturated rings. The number of esters is 1. The van der Waals surface area contributed by atoms with Gasteiger partial charge in [0.1, 0.15) is 12.3 Å². The van der Waals surface area contributed by atoms with E-state index in [1.807, 2.05) is 6.92 Å². The topological polar surface area (TPSA) is 73.6 Å². The van der Waals surface area contributed by atoms with Crippen molar-refractivity contribution >= 4 is 5.97 Å². The van der Waals surface area contributed by atoms with Crippen LogP contribution in [0.2, 0.25) is 0 Å². The monoisotopic (exact) mass is 240 g/mol. The quantitative estimate of drug-likeness (QED) is 0.522. The van der Waals surface area contributed by atoms with Crippen LogP contribution in [0.1, 0.15) is 26.2 Å². The van der Waals surface area contributed by atoms with Crippen molar-refractivity contribution in [3.05, 3.63) is 0 Å². The lowest BCUT2D eigenvalue weighted by Crippen LogP contribution is -2.49. The normalized spacial score (nSPS) is 25.9. The molecule has 0 spiro atoms. The van der Waals surface area contributed by atoms with Gasteiger partial charge in [-0.05, 0) is 26.2 Å². The Labute approximate surface area is 102 Å². The highest BCUT2D eigenvalue weighted by molar-refractivity contribution is 5.76. The molecule has 96 valence electrons. The second-order valence-electron chi connectivity index (χ2n) is 4.26. The Balaban J connectivity index is 2.33. The van der Waals surface area contributed by atoms with Gasteiger partial charge in [0.05, 0.1) is 6.61 Å². The van der Waals surface area contributed by atoms with Crippen LogP contribution in [0.3, 0.4) is 0 Å². The van der Waals surface area contributed by atoms with E-state index in [9.17, 15) is 4.79 Å². The number of hydrogen-bond donors (Lipinski definition) is 2. The summed E-state index contributed by atoms with van der Waals surface area (Å²) in [5, 5.41) is 3.10. The van der Waals surface area contributed by atoms with E-state index in [0.717, 1.165) is 19.3 Å². The fourth-order valence-corrected chi connectivity index (χ4v) is 1.70. The molecular weight excluding hydrogens is 220 g/mol. The minimum Gasteiger partial charge on any atom is -0.451 e. The zero-order chi connectivity index (χ0) is 12.7. The lowest BCUT2D eigenvalue weighted by molar-refractivity contribution is -0.147. The standard InChI is InChI=1S/C12H20N2O3/c1-3-7-16-12(15)10-5-4-6-11(14-10)17-8-9(2)13/h1,9-11,14H,4-8,13H2,2H3. The van der Waals surface area contributed by atoms with Gasteiger partial charge >= 0.3 is 5.97 Å². The first-order chi connectivity index (χ1) is 8.13. The molecule has 17 heavy (non-hydrogen) atoms. The van der Waals surface area contributed by atoms with Gasteiger partial charge in [-0.2, -0.15) is 0 Å². The van der Waals surface area contributed by atoms with E-state index in [2.05, 4.69) is 11.2 Å². The number of nitrogens with two attached hydrogens (primary N) is 1. The summed E-state index contributed by atoms with van der Waals surface area (Å²) in [4.78, 5) is 11.6. The van der Waals surface area contributed by atoms with Crippen molar-refractivity contribution in [2.75, 3.05) is 13.2 Å². The van der Waals surface area contributed by atoms with Gasteiger partial charge in [0.2, 0.25) is 0 Å². The Bertz CT molecular complexity index is 286. The number of piperidine rings is 1. The molecule has 0 bridgehead atoms. The Hall–Kier alpha value is -1.09. The van der Waals surface area contributed by atoms with Gasteiger partial charge < -0.3 is 15.2 Å². The summed E-state index contributed by atoms with van der Waals surface area (Å²) < 4.78 is 10.4. The summed E-state index contributed by atoms with van der Waals surface area (Å²) in [6.45, 7) is 2.37. The van der Waals surface area contributed by atoms with E-state index in [-0.39, 0.29) is 30.9 Å². The maximum atomic E-state index is 11.6. The molecule has 3 unspecified atom stereocenters. The fraction of sp³-hybridized carbons (Fsp3) is 0.750. The number of ether oxygens (including phenoxy) is 2. The van der Waals surface area contributed by atoms with Crippen LogP contribution < -0.4 is 11.1 Å². The summed E-state index contributed by atoms with van der Waals surface area (Å²) in [7, 11) is 0. The second kappa shape index (κ2) is 7.28. The van der Waals surface area contributed by atoms with E-state index in [1.54, 1.807) is 0 Å². The van der Waals surface area contributed by atoms with Gasteiger partial charge in [0.25, 0.3) is 0 Å². The van der Waals surface area contributed by atoms with Crippen molar-refractivity contribution in [3.8, 4) is 12.3 Å². The predicted octanol–water partition coefficient (Wildman–Crippen LogP) is -0.00520. The summed E-state index contributed by atoms with van der Waals surface area (Å²) in [5.41, 5.74) is 5.60. The molecule has 5 heteroatoms. The molecule has 0 amide bonds. The van der Waals surface area contributed by atoms with Gasteiger partial charge in [-0.15, -0.1) is 6.42 Å². The smallest absolute Gasteiger partial charge is 0.324 e. The molecular formula is C12H20N2O3. The van der Waals surface area contributed by atoms with E-state index in [4.69, 9.17) is 21.6 Å². The molecule has 0 radical (unpaired) electrons. The average molecular weight is 240 g/mol. The second-order valence-corrected chi connectivity index (χ2v) is 4.26. The lowest BCUT2D eigenvalue weighted by Gasteiger charge is -2.29. The number of nitrogens with one attached hydrogen (secondary N) is 1. The van der Waals surface area contributed by atoms with Crippen molar-refractivity contribution in [2.45, 2.75) is 44.5 Å². The highest BCUT2D eigenvalue weighted by Gasteiger charge is 2.27. The van der Waals surface area contributed by atoms with Crippen LogP contribution in [-0.2, 0) is 14.3 Å². The zero-order valence-electron chi connectivity index (χ0n) is 10.1. The molecule has 1 aliphatic heterocycles. The molecule has 1 heterocycles. The SMILES string of the molecule is C#CCOC(=O)C1CCCC(OCC(C)N)N1. The van der Waals surface area contributed by atoms with Crippen LogP contribution in [0.4, 0.5) is 0 Å². The first-order valence-electron chi connectivity index (χ1n) is 5.86. The molecule has 3 N–H and O–H groups in total. The minimum atomic E-state index is -0.324. The van der Waals surface area contributed by atoms with Crippen LogP contribution in [0.5, 0.6) is 0 Å². The average Bonchev–Trinajstić information content (AvgIpc) is 2.33. The summed E-state index contributed by atoms with van der Waals surface area (Å²) >= 11 is 0. The van der Waals surface area contributed by atoms with Gasteiger partial charge in [-0.25, -0.2) is 0 Å². The van der Waals surface area contributed by atoms with Gasteiger partial charge in [0, 0.05) is 6.04 Å². The van der Waals surface area contributed by atoms with E-state index >= 15 is 0 Å². The van der Waals surface area contributed by atoms with E-state index in [1.165, 1.54) is 0 Å². The van der Waals surface area contributed by atoms with Crippen molar-refractivity contribution in [3.63, 3.8) is 0 Å². The molecule has 1 saturated heterocycles. The zero-order valence-corrected chi connectivity index (χ0v) is 10.1. The molecule has 3 atom stereocenters. The van der Waals surface area contributed by atoms with E-state index in [0.29, 0.717) is 6.61 Å². The first kappa shape index (κ1) is 14.0. The Morgan fingerprint density at radius 3 is 3.06 bits per heavy atom. The van der Waals surface area contributed by atoms with Crippen LogP contribution >= 0.6 is 0 Å². The lowest BCUT2D eigenvalue weighted by atomic mass is 10.0. The maximum absolute atomic E-state index is 11.6. The predicted molar refractivity (Wildman–Crippen MR) is 64.0 cm³/mol. The number of carbonyl (C=O) groups excluding carboxylic acids is 1. The van der Waals surface area contributed by atoms with Gasteiger partial charge in [-0.1, -0.05) is 5.92 Å². The van der Waals surface area contributed by atoms with Gasteiger partial charge in [-0.3, -0.25) is 10.1 Å². The first-order valence-corrected chi connectivity index (χ1v) is 5.86. The van der Waals surface area contributed by atoms with Crippen LogP contribution in [0.25, 0.3) is 0 Å². The Morgan fingerprint density at radius 1 is 1.65 bits per heavy atom. The largest absolute Gasteiger partial charge is 0.451 e. The molecule has 0 aromatic heterocycles. The molecule has 0 aliphatic carbocycles. The summed E-state index contributed by atoms with van der Waals surface area (Å²) in [6, 6.07) is -0.333. The molecule has 0 aromatic carbocycles. The third kappa shape index (κ3) is 5.18. The van der Waals surface area contributed by atoms with Crippen LogP contribution in [0.15, 0.2) is 0 Å². The van der Waals surface area contributed by atoms with Crippen LogP contribution in [-0.4, -0.2) is 37.5 Å². The number of terminal acetylenes is 1. The minimum absolute atomic E-state index is 0.00873. The molecule has 0 saturated carbocycles. The molecule has 0 aromatic rings.